The van der Waals surface area contributed by atoms with Crippen molar-refractivity contribution in [3.63, 3.8) is 0 Å². The number of ether oxygens (including phenoxy) is 2. The first kappa shape index (κ1) is 24.1. The number of imide groups is 1. The average molecular weight is 487 g/mol. The highest BCUT2D eigenvalue weighted by atomic mass is 16.5. The summed E-state index contributed by atoms with van der Waals surface area (Å²) in [5.74, 6) is -0.370. The minimum absolute atomic E-state index is 0.000610. The van der Waals surface area contributed by atoms with Crippen LogP contribution in [-0.4, -0.2) is 73.7 Å². The minimum Gasteiger partial charge on any atom is -0.489 e. The fourth-order valence-electron chi connectivity index (χ4n) is 5.06. The van der Waals surface area contributed by atoms with Crippen LogP contribution in [0.25, 0.3) is 0 Å². The van der Waals surface area contributed by atoms with Gasteiger partial charge in [0.1, 0.15) is 32.2 Å². The molecule has 4 amide bonds. The molecule has 2 aromatic rings. The van der Waals surface area contributed by atoms with E-state index in [0.29, 0.717) is 37.4 Å². The molecule has 3 aliphatic heterocycles. The Bertz CT molecular complexity index is 1220. The lowest BCUT2D eigenvalue weighted by Gasteiger charge is -2.35. The van der Waals surface area contributed by atoms with Gasteiger partial charge in [0, 0.05) is 36.6 Å². The summed E-state index contributed by atoms with van der Waals surface area (Å²) >= 11 is 0. The predicted molar refractivity (Wildman–Crippen MR) is 134 cm³/mol. The maximum atomic E-state index is 13.0. The van der Waals surface area contributed by atoms with Crippen LogP contribution in [0.4, 0.5) is 0 Å². The zero-order valence-corrected chi connectivity index (χ0v) is 20.4. The van der Waals surface area contributed by atoms with Crippen LogP contribution in [0.2, 0.25) is 0 Å². The van der Waals surface area contributed by atoms with Crippen molar-refractivity contribution in [2.45, 2.75) is 50.6 Å². The van der Waals surface area contributed by atoms with Crippen molar-refractivity contribution in [1.82, 2.24) is 15.1 Å². The monoisotopic (exact) mass is 487 g/mol. The maximum Gasteiger partial charge on any atom is 0.255 e. The number of rotatable bonds is 6. The molecule has 3 aliphatic rings. The maximum absolute atomic E-state index is 13.0. The molecule has 3 unspecified atom stereocenters. The van der Waals surface area contributed by atoms with E-state index in [-0.39, 0.29) is 36.7 Å². The average Bonchev–Trinajstić information content (AvgIpc) is 3.18. The summed E-state index contributed by atoms with van der Waals surface area (Å²) in [5.41, 5.74) is 3.25. The molecule has 5 rings (SSSR count). The van der Waals surface area contributed by atoms with Crippen molar-refractivity contribution in [3.8, 4) is 5.75 Å². The zero-order chi connectivity index (χ0) is 25.4. The summed E-state index contributed by atoms with van der Waals surface area (Å²) in [5, 5.41) is 2.32. The summed E-state index contributed by atoms with van der Waals surface area (Å²) in [4.78, 5) is 52.5. The van der Waals surface area contributed by atoms with Crippen LogP contribution >= 0.6 is 0 Å². The van der Waals surface area contributed by atoms with Gasteiger partial charge in [0.05, 0.1) is 6.54 Å². The van der Waals surface area contributed by atoms with Crippen LogP contribution in [0, 0.1) is 0 Å². The zero-order valence-electron chi connectivity index (χ0n) is 20.4. The minimum atomic E-state index is -0.660. The van der Waals surface area contributed by atoms with Crippen LogP contribution in [0.3, 0.4) is 0 Å². The van der Waals surface area contributed by atoms with E-state index in [1.807, 2.05) is 43.1 Å². The van der Waals surface area contributed by atoms with Gasteiger partial charge < -0.3 is 19.3 Å². The van der Waals surface area contributed by atoms with Gasteiger partial charge in [-0.25, -0.2) is 0 Å². The molecule has 0 aliphatic carbocycles. The van der Waals surface area contributed by atoms with Crippen LogP contribution < -0.4 is 10.1 Å². The number of amides is 4. The summed E-state index contributed by atoms with van der Waals surface area (Å²) in [7, 11) is 3.75. The first-order valence-corrected chi connectivity index (χ1v) is 12.2. The van der Waals surface area contributed by atoms with Gasteiger partial charge in [0.2, 0.25) is 17.7 Å². The summed E-state index contributed by atoms with van der Waals surface area (Å²) in [6.07, 6.45) is 0.536. The number of carbonyl (C=O) groups is 4. The molecule has 11 heteroatoms. The van der Waals surface area contributed by atoms with Crippen LogP contribution in [-0.2, 0) is 38.8 Å². The number of fused-ring (bicyclic) bond motifs is 1. The van der Waals surface area contributed by atoms with Crippen LogP contribution in [0.15, 0.2) is 42.5 Å². The van der Waals surface area contributed by atoms with E-state index in [0.717, 1.165) is 16.7 Å². The molecule has 2 aromatic carbocycles. The molecule has 0 aromatic heterocycles. The summed E-state index contributed by atoms with van der Waals surface area (Å²) in [6.45, 7) is 1.68. The van der Waals surface area contributed by atoms with Crippen molar-refractivity contribution in [3.05, 3.63) is 64.7 Å². The smallest absolute Gasteiger partial charge is 0.255 e. The highest BCUT2D eigenvalue weighted by molar-refractivity contribution is 6.24. The quantitative estimate of drug-likeness (QED) is 0.427. The van der Waals surface area contributed by atoms with Crippen molar-refractivity contribution in [2.75, 3.05) is 6.54 Å². The third kappa shape index (κ3) is 4.75. The second-order valence-electron chi connectivity index (χ2n) is 9.60. The number of hydrogen-bond donors (Lipinski definition) is 1. The number of nitrogens with zero attached hydrogens (tertiary/aromatic N) is 2. The molecule has 3 heterocycles. The molecule has 0 radical (unpaired) electrons. The van der Waals surface area contributed by atoms with E-state index < -0.39 is 18.0 Å². The molecule has 0 spiro atoms. The lowest BCUT2D eigenvalue weighted by Crippen LogP contribution is -2.52. The van der Waals surface area contributed by atoms with Crippen LogP contribution in [0.1, 0.15) is 39.9 Å². The third-order valence-electron chi connectivity index (χ3n) is 6.90. The highest BCUT2D eigenvalue weighted by Crippen LogP contribution is 2.34. The standard InChI is InChI=1S/C25H27B2N3O6/c26-20-12-29(25(34)22(27)36-20)10-14-4-6-15(7-5-14)13-35-19-3-1-2-16-17(19)11-30(24(16)33)18-8-9-21(31)28-23(18)32/h1-7,18,20,22H,8-13,26-27H2,(H,28,31,32). The van der Waals surface area contributed by atoms with Gasteiger partial charge >= 0.3 is 0 Å². The van der Waals surface area contributed by atoms with Crippen molar-refractivity contribution in [2.24, 2.45) is 0 Å². The molecular formula is C25H27B2N3O6. The molecule has 2 saturated heterocycles. The Morgan fingerprint density at radius 2 is 1.78 bits per heavy atom. The van der Waals surface area contributed by atoms with E-state index in [2.05, 4.69) is 5.32 Å². The second kappa shape index (κ2) is 9.81. The molecule has 9 nitrogen and oxygen atoms in total. The SMILES string of the molecule is BC1CN(Cc2ccc(COc3cccc4c3CN(C3CCC(=O)NC3=O)C4=O)cc2)C(=O)C(B)O1. The Morgan fingerprint density at radius 3 is 2.53 bits per heavy atom. The van der Waals surface area contributed by atoms with E-state index in [1.165, 1.54) is 4.90 Å². The third-order valence-corrected chi connectivity index (χ3v) is 6.90. The molecule has 0 saturated carbocycles. The fourth-order valence-corrected chi connectivity index (χ4v) is 5.06. The highest BCUT2D eigenvalue weighted by Gasteiger charge is 2.40. The lowest BCUT2D eigenvalue weighted by atomic mass is 9.90. The normalized spacial score (nSPS) is 24.1. The fraction of sp³-hybridized carbons (Fsp3) is 0.360. The van der Waals surface area contributed by atoms with Crippen LogP contribution in [0.5, 0.6) is 5.75 Å². The number of morpholine rings is 1. The lowest BCUT2D eigenvalue weighted by molar-refractivity contribution is -0.149. The number of carbonyl (C=O) groups excluding carboxylic acids is 4. The molecule has 0 bridgehead atoms. The molecule has 2 fully saturated rings. The number of hydrogen-bond acceptors (Lipinski definition) is 6. The Labute approximate surface area is 210 Å². The molecule has 184 valence electrons. The Kier molecular flexibility index (Phi) is 6.57. The topological polar surface area (TPSA) is 105 Å². The van der Waals surface area contributed by atoms with Gasteiger partial charge in [-0.05, 0) is 29.7 Å². The summed E-state index contributed by atoms with van der Waals surface area (Å²) < 4.78 is 11.7. The second-order valence-corrected chi connectivity index (χ2v) is 9.60. The van der Waals surface area contributed by atoms with Crippen molar-refractivity contribution in [1.29, 1.82) is 0 Å². The summed E-state index contributed by atoms with van der Waals surface area (Å²) in [6, 6.07) is 12.2. The van der Waals surface area contributed by atoms with Gasteiger partial charge in [-0.1, -0.05) is 30.3 Å². The van der Waals surface area contributed by atoms with Gasteiger partial charge in [-0.3, -0.25) is 24.5 Å². The van der Waals surface area contributed by atoms with E-state index >= 15 is 0 Å². The number of nitrogens with one attached hydrogen (secondary N) is 1. The predicted octanol–water partition coefficient (Wildman–Crippen LogP) is -0.696. The van der Waals surface area contributed by atoms with E-state index in [9.17, 15) is 19.2 Å². The molecule has 36 heavy (non-hydrogen) atoms. The first-order valence-electron chi connectivity index (χ1n) is 12.2. The Hall–Kier alpha value is -3.59. The first-order chi connectivity index (χ1) is 17.3. The van der Waals surface area contributed by atoms with Crippen molar-refractivity contribution >= 4 is 39.3 Å². The number of piperidine rings is 1. The molecular weight excluding hydrogens is 460 g/mol. The number of benzene rings is 2. The van der Waals surface area contributed by atoms with Gasteiger partial charge in [0.25, 0.3) is 5.91 Å². The van der Waals surface area contributed by atoms with E-state index in [4.69, 9.17) is 9.47 Å². The Balaban J connectivity index is 1.22. The molecule has 1 N–H and O–H groups in total. The van der Waals surface area contributed by atoms with Gasteiger partial charge in [-0.15, -0.1) is 0 Å². The Morgan fingerprint density at radius 1 is 1.03 bits per heavy atom. The van der Waals surface area contributed by atoms with Crippen molar-refractivity contribution < 1.29 is 28.7 Å². The van der Waals surface area contributed by atoms with Gasteiger partial charge in [-0.2, -0.15) is 0 Å². The van der Waals surface area contributed by atoms with Gasteiger partial charge in [0.15, 0.2) is 7.85 Å². The molecule has 3 atom stereocenters. The van der Waals surface area contributed by atoms with E-state index in [1.54, 1.807) is 20.0 Å². The largest absolute Gasteiger partial charge is 0.489 e.